The van der Waals surface area contributed by atoms with Crippen LogP contribution in [-0.2, 0) is 0 Å². The molecule has 0 bridgehead atoms. The number of fused-ring (bicyclic) bond motifs is 1. The van der Waals surface area contributed by atoms with Gasteiger partial charge in [-0.25, -0.2) is 4.39 Å². The number of alkyl halides is 1. The Labute approximate surface area is 145 Å². The predicted octanol–water partition coefficient (Wildman–Crippen LogP) is 3.31. The molecule has 0 aromatic carbocycles. The normalized spacial score (nSPS) is 51.5. The number of aliphatic imine (C=N–C) groups is 1. The number of rotatable bonds is 2. The van der Waals surface area contributed by atoms with E-state index in [4.69, 9.17) is 5.73 Å². The van der Waals surface area contributed by atoms with Gasteiger partial charge in [0.15, 0.2) is 0 Å². The van der Waals surface area contributed by atoms with Gasteiger partial charge in [0, 0.05) is 18.2 Å². The van der Waals surface area contributed by atoms with Crippen molar-refractivity contribution in [2.45, 2.75) is 63.8 Å². The second-order valence-electron chi connectivity index (χ2n) is 8.67. The molecule has 1 saturated heterocycles. The first-order valence-corrected chi connectivity index (χ1v) is 9.96. The highest BCUT2D eigenvalue weighted by Gasteiger charge is 2.43. The molecule has 0 spiro atoms. The molecule has 4 heteroatoms. The Balaban J connectivity index is 1.45. The van der Waals surface area contributed by atoms with E-state index in [1.807, 2.05) is 6.21 Å². The van der Waals surface area contributed by atoms with Crippen molar-refractivity contribution in [1.82, 2.24) is 5.32 Å². The van der Waals surface area contributed by atoms with Gasteiger partial charge in [-0.15, -0.1) is 0 Å². The lowest BCUT2D eigenvalue weighted by molar-refractivity contribution is 0.102. The lowest BCUT2D eigenvalue weighted by Crippen LogP contribution is -2.44. The van der Waals surface area contributed by atoms with Crippen molar-refractivity contribution < 1.29 is 4.39 Å². The molecule has 9 atom stereocenters. The van der Waals surface area contributed by atoms with Crippen LogP contribution < -0.4 is 11.1 Å². The molecule has 0 radical (unpaired) electrons. The van der Waals surface area contributed by atoms with E-state index in [-0.39, 0.29) is 12.1 Å². The van der Waals surface area contributed by atoms with E-state index in [0.29, 0.717) is 35.6 Å². The van der Waals surface area contributed by atoms with Gasteiger partial charge in [0.2, 0.25) is 0 Å². The first kappa shape index (κ1) is 16.7. The molecule has 0 aromatic rings. The number of nitrogens with zero attached hydrogens (tertiary/aromatic N) is 1. The van der Waals surface area contributed by atoms with Crippen molar-refractivity contribution in [2.24, 2.45) is 46.2 Å². The zero-order valence-corrected chi connectivity index (χ0v) is 14.8. The second kappa shape index (κ2) is 6.87. The van der Waals surface area contributed by atoms with E-state index in [9.17, 15) is 4.39 Å². The highest BCUT2D eigenvalue weighted by Crippen LogP contribution is 2.44. The average molecular weight is 333 g/mol. The van der Waals surface area contributed by atoms with Gasteiger partial charge < -0.3 is 11.1 Å². The van der Waals surface area contributed by atoms with Crippen LogP contribution in [0.2, 0.25) is 0 Å². The molecule has 3 nitrogen and oxygen atoms in total. The number of hydrogen-bond donors (Lipinski definition) is 2. The monoisotopic (exact) mass is 333 g/mol. The van der Waals surface area contributed by atoms with Crippen LogP contribution in [0, 0.1) is 35.5 Å². The van der Waals surface area contributed by atoms with E-state index in [2.05, 4.69) is 29.4 Å². The minimum atomic E-state index is -0.588. The van der Waals surface area contributed by atoms with Crippen LogP contribution in [0.4, 0.5) is 4.39 Å². The third kappa shape index (κ3) is 3.08. The highest BCUT2D eigenvalue weighted by molar-refractivity contribution is 5.59. The number of halogens is 1. The van der Waals surface area contributed by atoms with Crippen molar-refractivity contribution in [2.75, 3.05) is 6.54 Å². The molecule has 2 aliphatic carbocycles. The number of nitrogens with one attached hydrogen (secondary N) is 1. The Morgan fingerprint density at radius 3 is 2.75 bits per heavy atom. The van der Waals surface area contributed by atoms with E-state index in [1.165, 1.54) is 12.8 Å². The van der Waals surface area contributed by atoms with E-state index in [0.717, 1.165) is 32.2 Å². The fraction of sp³-hybridized carbons (Fsp3) is 0.850. The van der Waals surface area contributed by atoms with Crippen molar-refractivity contribution in [3.8, 4) is 0 Å². The van der Waals surface area contributed by atoms with E-state index >= 15 is 0 Å². The standard InChI is InChI=1S/C20H32FN3/c1-12-10-15(4-5-18(12)21)19-16(7-9-23-19)14-3-2-13-6-8-24-20(22)17(13)11-14/h2-3,8,12-20,23H,4-7,9-11,22H2,1H3. The Morgan fingerprint density at radius 2 is 1.92 bits per heavy atom. The van der Waals surface area contributed by atoms with Gasteiger partial charge in [0.05, 0.1) is 6.17 Å². The fourth-order valence-corrected chi connectivity index (χ4v) is 5.85. The molecule has 0 amide bonds. The maximum Gasteiger partial charge on any atom is 0.103 e. The molecule has 0 aromatic heterocycles. The second-order valence-corrected chi connectivity index (χ2v) is 8.67. The summed E-state index contributed by atoms with van der Waals surface area (Å²) in [7, 11) is 0. The topological polar surface area (TPSA) is 50.4 Å². The molecule has 2 fully saturated rings. The molecule has 3 N–H and O–H groups in total. The van der Waals surface area contributed by atoms with Crippen LogP contribution in [-0.4, -0.2) is 31.1 Å². The van der Waals surface area contributed by atoms with Crippen LogP contribution in [0.1, 0.15) is 45.4 Å². The van der Waals surface area contributed by atoms with Gasteiger partial charge in [-0.3, -0.25) is 4.99 Å². The van der Waals surface area contributed by atoms with E-state index in [1.54, 1.807) is 0 Å². The van der Waals surface area contributed by atoms with Crippen molar-refractivity contribution in [3.63, 3.8) is 0 Å². The van der Waals surface area contributed by atoms with Gasteiger partial charge in [0.1, 0.15) is 6.17 Å². The summed E-state index contributed by atoms with van der Waals surface area (Å²) < 4.78 is 13.9. The SMILES string of the molecule is CC1CC(C2NCCC2C2C=CC3CC=NC(N)C3C2)CCC1F. The minimum Gasteiger partial charge on any atom is -0.313 e. The first-order valence-electron chi connectivity index (χ1n) is 9.96. The lowest BCUT2D eigenvalue weighted by Gasteiger charge is -2.42. The molecule has 9 unspecified atom stereocenters. The molecular formula is C20H32FN3. The highest BCUT2D eigenvalue weighted by atomic mass is 19.1. The molecule has 4 aliphatic rings. The van der Waals surface area contributed by atoms with Crippen LogP contribution in [0.3, 0.4) is 0 Å². The number of nitrogens with two attached hydrogens (primary N) is 1. The summed E-state index contributed by atoms with van der Waals surface area (Å²) in [6.07, 6.45) is 12.6. The van der Waals surface area contributed by atoms with Crippen molar-refractivity contribution in [3.05, 3.63) is 12.2 Å². The van der Waals surface area contributed by atoms with Crippen molar-refractivity contribution in [1.29, 1.82) is 0 Å². The smallest absolute Gasteiger partial charge is 0.103 e. The maximum atomic E-state index is 13.9. The quantitative estimate of drug-likeness (QED) is 0.762. The summed E-state index contributed by atoms with van der Waals surface area (Å²) >= 11 is 0. The van der Waals surface area contributed by atoms with Gasteiger partial charge >= 0.3 is 0 Å². The third-order valence-corrected chi connectivity index (χ3v) is 7.28. The average Bonchev–Trinajstić information content (AvgIpc) is 3.07. The summed E-state index contributed by atoms with van der Waals surface area (Å²) in [5.74, 6) is 3.26. The lowest BCUT2D eigenvalue weighted by atomic mass is 9.66. The Bertz CT molecular complexity index is 505. The summed E-state index contributed by atoms with van der Waals surface area (Å²) in [4.78, 5) is 4.46. The zero-order chi connectivity index (χ0) is 16.7. The predicted molar refractivity (Wildman–Crippen MR) is 96.6 cm³/mol. The minimum absolute atomic E-state index is 0.0222. The van der Waals surface area contributed by atoms with Gasteiger partial charge in [-0.05, 0) is 74.7 Å². The zero-order valence-electron chi connectivity index (χ0n) is 14.8. The molecule has 2 heterocycles. The van der Waals surface area contributed by atoms with Crippen LogP contribution in [0.25, 0.3) is 0 Å². The summed E-state index contributed by atoms with van der Waals surface area (Å²) in [5, 5.41) is 3.78. The van der Waals surface area contributed by atoms with Gasteiger partial charge in [-0.2, -0.15) is 0 Å². The Morgan fingerprint density at radius 1 is 1.08 bits per heavy atom. The largest absolute Gasteiger partial charge is 0.313 e. The van der Waals surface area contributed by atoms with Crippen molar-refractivity contribution >= 4 is 6.21 Å². The summed E-state index contributed by atoms with van der Waals surface area (Å²) in [6.45, 7) is 3.20. The first-order chi connectivity index (χ1) is 11.6. The van der Waals surface area contributed by atoms with Gasteiger partial charge in [0.25, 0.3) is 0 Å². The Kier molecular flexibility index (Phi) is 4.79. The molecular weight excluding hydrogens is 301 g/mol. The summed E-state index contributed by atoms with van der Waals surface area (Å²) in [5.41, 5.74) is 6.27. The number of hydrogen-bond acceptors (Lipinski definition) is 3. The van der Waals surface area contributed by atoms with Gasteiger partial charge in [-0.1, -0.05) is 19.1 Å². The molecule has 4 rings (SSSR count). The van der Waals surface area contributed by atoms with E-state index < -0.39 is 6.17 Å². The number of allylic oxidation sites excluding steroid dienone is 2. The maximum absolute atomic E-state index is 13.9. The van der Waals surface area contributed by atoms with Crippen LogP contribution >= 0.6 is 0 Å². The van der Waals surface area contributed by atoms with Crippen LogP contribution in [0.15, 0.2) is 17.1 Å². The molecule has 1 saturated carbocycles. The molecule has 24 heavy (non-hydrogen) atoms. The third-order valence-electron chi connectivity index (χ3n) is 7.28. The molecule has 134 valence electrons. The fourth-order valence-electron chi connectivity index (χ4n) is 5.85. The Hall–Kier alpha value is -0.740. The summed E-state index contributed by atoms with van der Waals surface area (Å²) in [6, 6.07) is 0.564. The van der Waals surface area contributed by atoms with Crippen LogP contribution in [0.5, 0.6) is 0 Å². The molecule has 2 aliphatic heterocycles.